The Kier molecular flexibility index (Phi) is 2.63. The maximum Gasteiger partial charge on any atom is 0.265 e. The van der Waals surface area contributed by atoms with Crippen molar-refractivity contribution in [2.24, 2.45) is 0 Å². The summed E-state index contributed by atoms with van der Waals surface area (Å²) in [4.78, 5) is 3.20. The molecule has 14 heavy (non-hydrogen) atoms. The van der Waals surface area contributed by atoms with Crippen LogP contribution in [-0.4, -0.2) is 5.60 Å². The van der Waals surface area contributed by atoms with E-state index in [0.29, 0.717) is 6.42 Å². The zero-order chi connectivity index (χ0) is 10.8. The van der Waals surface area contributed by atoms with E-state index in [4.69, 9.17) is 16.6 Å². The van der Waals surface area contributed by atoms with Gasteiger partial charge in [-0.25, -0.2) is 10.1 Å². The van der Waals surface area contributed by atoms with Gasteiger partial charge in [-0.1, -0.05) is 0 Å². The molecule has 0 saturated heterocycles. The van der Waals surface area contributed by atoms with Gasteiger partial charge in [-0.05, 0) is 32.4 Å². The Bertz CT molecular complexity index is 372. The first-order chi connectivity index (χ1) is 6.48. The molecule has 0 unspecified atom stereocenters. The fraction of sp³-hybridized carbons (Fsp3) is 0.455. The van der Waals surface area contributed by atoms with Crippen LogP contribution in [0.25, 0.3) is 4.85 Å². The van der Waals surface area contributed by atoms with Crippen molar-refractivity contribution >= 4 is 0 Å². The van der Waals surface area contributed by atoms with Gasteiger partial charge in [0.25, 0.3) is 5.70 Å². The normalized spacial score (nSPS) is 22.5. The summed E-state index contributed by atoms with van der Waals surface area (Å²) in [5.74, 6) is 0.757. The highest BCUT2D eigenvalue weighted by atomic mass is 16.5. The van der Waals surface area contributed by atoms with Gasteiger partial charge in [0, 0.05) is 6.42 Å². The van der Waals surface area contributed by atoms with Crippen molar-refractivity contribution in [2.45, 2.75) is 32.8 Å². The van der Waals surface area contributed by atoms with Crippen molar-refractivity contribution in [3.8, 4) is 6.07 Å². The molecule has 1 rings (SSSR count). The standard InChI is InChI=1S/C11H12N2O/c1-8-5-9(10(7-12)13-4)6-11(2,3)14-8/h5H,6H2,1-3H3/b10-9-. The van der Waals surface area contributed by atoms with Crippen LogP contribution in [0.1, 0.15) is 27.2 Å². The average Bonchev–Trinajstić information content (AvgIpc) is 2.02. The van der Waals surface area contributed by atoms with E-state index in [1.54, 1.807) is 6.08 Å². The minimum atomic E-state index is -0.318. The monoisotopic (exact) mass is 188 g/mol. The van der Waals surface area contributed by atoms with Gasteiger partial charge in [0.05, 0.1) is 18.4 Å². The molecule has 0 aromatic rings. The van der Waals surface area contributed by atoms with Gasteiger partial charge < -0.3 is 4.74 Å². The van der Waals surface area contributed by atoms with Gasteiger partial charge in [-0.2, -0.15) is 0 Å². The lowest BCUT2D eigenvalue weighted by atomic mass is 9.94. The first-order valence-corrected chi connectivity index (χ1v) is 4.36. The molecule has 72 valence electrons. The molecule has 0 spiro atoms. The lowest BCUT2D eigenvalue weighted by molar-refractivity contribution is 0.0292. The Balaban J connectivity index is 3.17. The zero-order valence-corrected chi connectivity index (χ0v) is 8.59. The smallest absolute Gasteiger partial charge is 0.265 e. The molecule has 0 aliphatic carbocycles. The van der Waals surface area contributed by atoms with Crippen LogP contribution in [-0.2, 0) is 4.74 Å². The summed E-state index contributed by atoms with van der Waals surface area (Å²) >= 11 is 0. The molecule has 0 saturated carbocycles. The predicted molar refractivity (Wildman–Crippen MR) is 52.8 cm³/mol. The Morgan fingerprint density at radius 2 is 2.36 bits per heavy atom. The third-order valence-corrected chi connectivity index (χ3v) is 1.95. The molecule has 0 aromatic carbocycles. The SMILES string of the molecule is [C-]#[N+]/C(C#N)=C1/C=C(C)OC(C)(C)C1. The van der Waals surface area contributed by atoms with E-state index in [1.807, 2.05) is 26.8 Å². The van der Waals surface area contributed by atoms with Crippen LogP contribution in [0.15, 0.2) is 23.1 Å². The summed E-state index contributed by atoms with van der Waals surface area (Å²) in [5.41, 5.74) is 0.623. The van der Waals surface area contributed by atoms with Crippen molar-refractivity contribution in [3.63, 3.8) is 0 Å². The zero-order valence-electron chi connectivity index (χ0n) is 8.59. The number of allylic oxidation sites excluding steroid dienone is 3. The number of nitrogens with zero attached hydrogens (tertiary/aromatic N) is 2. The molecule has 0 N–H and O–H groups in total. The van der Waals surface area contributed by atoms with E-state index in [0.717, 1.165) is 11.3 Å². The quantitative estimate of drug-likeness (QED) is 0.433. The highest BCUT2D eigenvalue weighted by Crippen LogP contribution is 2.31. The van der Waals surface area contributed by atoms with E-state index in [1.165, 1.54) is 0 Å². The fourth-order valence-corrected chi connectivity index (χ4v) is 1.58. The van der Waals surface area contributed by atoms with Crippen LogP contribution in [0.5, 0.6) is 0 Å². The van der Waals surface area contributed by atoms with E-state index in [-0.39, 0.29) is 11.3 Å². The Hall–Kier alpha value is -1.74. The maximum absolute atomic E-state index is 8.74. The van der Waals surface area contributed by atoms with Crippen LogP contribution in [0.2, 0.25) is 0 Å². The second kappa shape index (κ2) is 3.55. The van der Waals surface area contributed by atoms with Crippen LogP contribution < -0.4 is 0 Å². The van der Waals surface area contributed by atoms with E-state index in [2.05, 4.69) is 4.85 Å². The van der Waals surface area contributed by atoms with Crippen molar-refractivity contribution in [2.75, 3.05) is 0 Å². The second-order valence-electron chi connectivity index (χ2n) is 3.89. The topological polar surface area (TPSA) is 37.4 Å². The van der Waals surface area contributed by atoms with Crippen LogP contribution >= 0.6 is 0 Å². The van der Waals surface area contributed by atoms with Gasteiger partial charge in [0.15, 0.2) is 0 Å². The summed E-state index contributed by atoms with van der Waals surface area (Å²) in [6.07, 6.45) is 2.37. The van der Waals surface area contributed by atoms with Crippen LogP contribution in [0.4, 0.5) is 0 Å². The van der Waals surface area contributed by atoms with Gasteiger partial charge >= 0.3 is 0 Å². The van der Waals surface area contributed by atoms with Crippen molar-refractivity contribution in [1.29, 1.82) is 5.26 Å². The summed E-state index contributed by atoms with van der Waals surface area (Å²) in [7, 11) is 0. The predicted octanol–water partition coefficient (Wildman–Crippen LogP) is 2.79. The minimum Gasteiger partial charge on any atom is -0.492 e. The third-order valence-electron chi connectivity index (χ3n) is 1.95. The minimum absolute atomic E-state index is 0.167. The molecule has 0 atom stereocenters. The van der Waals surface area contributed by atoms with Crippen molar-refractivity contribution in [1.82, 2.24) is 0 Å². The Labute approximate surface area is 84.1 Å². The summed E-state index contributed by atoms with van der Waals surface area (Å²) in [6, 6.07) is 1.91. The fourth-order valence-electron chi connectivity index (χ4n) is 1.58. The van der Waals surface area contributed by atoms with E-state index < -0.39 is 0 Å². The summed E-state index contributed by atoms with van der Waals surface area (Å²) < 4.78 is 5.56. The van der Waals surface area contributed by atoms with Gasteiger partial charge in [-0.3, -0.25) is 0 Å². The molecular weight excluding hydrogens is 176 g/mol. The number of rotatable bonds is 0. The van der Waals surface area contributed by atoms with E-state index >= 15 is 0 Å². The van der Waals surface area contributed by atoms with E-state index in [9.17, 15) is 0 Å². The Morgan fingerprint density at radius 1 is 1.71 bits per heavy atom. The third kappa shape index (κ3) is 2.14. The summed E-state index contributed by atoms with van der Waals surface area (Å²) in [6.45, 7) is 12.6. The van der Waals surface area contributed by atoms with Crippen LogP contribution in [0, 0.1) is 17.9 Å². The van der Waals surface area contributed by atoms with Gasteiger partial charge in [0.2, 0.25) is 0 Å². The molecule has 1 aliphatic heterocycles. The largest absolute Gasteiger partial charge is 0.492 e. The molecule has 1 heterocycles. The first-order valence-electron chi connectivity index (χ1n) is 4.36. The second-order valence-corrected chi connectivity index (χ2v) is 3.89. The summed E-state index contributed by atoms with van der Waals surface area (Å²) in [5, 5.41) is 8.74. The van der Waals surface area contributed by atoms with Crippen molar-refractivity contribution < 1.29 is 4.74 Å². The molecule has 0 aromatic heterocycles. The molecule has 3 nitrogen and oxygen atoms in total. The lowest BCUT2D eigenvalue weighted by Crippen LogP contribution is -2.27. The van der Waals surface area contributed by atoms with Gasteiger partial charge in [-0.15, -0.1) is 0 Å². The lowest BCUT2D eigenvalue weighted by Gasteiger charge is -2.31. The molecule has 0 fully saturated rings. The molecule has 3 heteroatoms. The molecule has 1 aliphatic rings. The van der Waals surface area contributed by atoms with Crippen LogP contribution in [0.3, 0.4) is 0 Å². The number of ether oxygens (including phenoxy) is 1. The highest BCUT2D eigenvalue weighted by Gasteiger charge is 2.26. The first kappa shape index (κ1) is 10.3. The maximum atomic E-state index is 8.74. The average molecular weight is 188 g/mol. The number of hydrogen-bond acceptors (Lipinski definition) is 2. The Morgan fingerprint density at radius 3 is 2.79 bits per heavy atom. The number of hydrogen-bond donors (Lipinski definition) is 0. The van der Waals surface area contributed by atoms with Crippen molar-refractivity contribution in [3.05, 3.63) is 34.5 Å². The molecule has 0 radical (unpaired) electrons. The number of nitriles is 1. The van der Waals surface area contributed by atoms with Gasteiger partial charge in [0.1, 0.15) is 5.60 Å². The molecular formula is C11H12N2O. The molecule has 0 bridgehead atoms. The highest BCUT2D eigenvalue weighted by molar-refractivity contribution is 5.41. The molecule has 0 amide bonds.